The normalized spacial score (nSPS) is 11.5. The van der Waals surface area contributed by atoms with Gasteiger partial charge >= 0.3 is 6.18 Å². The van der Waals surface area contributed by atoms with Crippen LogP contribution in [-0.4, -0.2) is 33.7 Å². The first-order valence-electron chi connectivity index (χ1n) is 13.1. The number of fused-ring (bicyclic) bond motifs is 2. The number of halogens is 5. The van der Waals surface area contributed by atoms with E-state index in [9.17, 15) is 22.4 Å². The second-order valence-corrected chi connectivity index (χ2v) is 9.54. The predicted molar refractivity (Wildman–Crippen MR) is 155 cm³/mol. The molecule has 0 saturated heterocycles. The van der Waals surface area contributed by atoms with Crippen molar-refractivity contribution in [3.63, 3.8) is 0 Å². The molecule has 0 bridgehead atoms. The average molecular weight is 622 g/mol. The standard InChI is InChI=1S/C31H20F5N5O4/c1-43-24-13-20-22(14-25(24)44-2)38-15-39-29(20)45-23-8-5-18(12-21(23)33)40-28-27-16(9-10-37-28)11-26(31(34,35)36)41(30(27)42)19-6-3-17(32)4-7-19/h3-15H,1-2H3,(H,37,40). The molecule has 0 fully saturated rings. The van der Waals surface area contributed by atoms with Gasteiger partial charge in [-0.05, 0) is 60.0 Å². The molecule has 0 aliphatic rings. The lowest BCUT2D eigenvalue weighted by atomic mass is 10.1. The van der Waals surface area contributed by atoms with Crippen LogP contribution in [0.2, 0.25) is 0 Å². The Morgan fingerprint density at radius 3 is 2.24 bits per heavy atom. The Morgan fingerprint density at radius 2 is 1.56 bits per heavy atom. The largest absolute Gasteiger partial charge is 0.493 e. The van der Waals surface area contributed by atoms with Crippen LogP contribution >= 0.6 is 0 Å². The highest BCUT2D eigenvalue weighted by Gasteiger charge is 2.36. The molecule has 45 heavy (non-hydrogen) atoms. The molecule has 3 aromatic heterocycles. The first kappa shape index (κ1) is 29.3. The van der Waals surface area contributed by atoms with Crippen LogP contribution in [0.3, 0.4) is 0 Å². The summed E-state index contributed by atoms with van der Waals surface area (Å²) in [4.78, 5) is 26.0. The number of benzene rings is 3. The molecule has 9 nitrogen and oxygen atoms in total. The molecule has 6 aromatic rings. The average Bonchev–Trinajstić information content (AvgIpc) is 3.02. The zero-order valence-corrected chi connectivity index (χ0v) is 23.3. The van der Waals surface area contributed by atoms with E-state index < -0.39 is 29.1 Å². The summed E-state index contributed by atoms with van der Waals surface area (Å²) >= 11 is 0. The van der Waals surface area contributed by atoms with E-state index in [4.69, 9.17) is 14.2 Å². The third kappa shape index (κ3) is 5.53. The molecule has 0 radical (unpaired) electrons. The first-order valence-corrected chi connectivity index (χ1v) is 13.1. The van der Waals surface area contributed by atoms with Gasteiger partial charge in [-0.1, -0.05) is 0 Å². The van der Waals surface area contributed by atoms with Crippen molar-refractivity contribution in [2.24, 2.45) is 0 Å². The highest BCUT2D eigenvalue weighted by atomic mass is 19.4. The molecule has 0 atom stereocenters. The number of anilines is 2. The number of aromatic nitrogens is 4. The van der Waals surface area contributed by atoms with E-state index in [0.717, 1.165) is 36.4 Å². The van der Waals surface area contributed by atoms with Crippen molar-refractivity contribution in [3.05, 3.63) is 107 Å². The summed E-state index contributed by atoms with van der Waals surface area (Å²) in [5.41, 5.74) is -1.95. The second kappa shape index (κ2) is 11.4. The number of methoxy groups -OCH3 is 2. The Balaban J connectivity index is 1.37. The maximum Gasteiger partial charge on any atom is 0.431 e. The van der Waals surface area contributed by atoms with Gasteiger partial charge in [-0.25, -0.2) is 23.7 Å². The SMILES string of the molecule is COc1cc2ncnc(Oc3ccc(Nc4nccc5cc(C(F)(F)F)n(-c6ccc(F)cc6)c(=O)c45)cc3F)c2cc1OC. The van der Waals surface area contributed by atoms with E-state index in [-0.39, 0.29) is 39.6 Å². The monoisotopic (exact) mass is 621 g/mol. The highest BCUT2D eigenvalue weighted by molar-refractivity contribution is 5.93. The Hall–Kier alpha value is -5.79. The number of nitrogens with one attached hydrogen (secondary N) is 1. The zero-order chi connectivity index (χ0) is 31.9. The molecular formula is C31H20F5N5O4. The third-order valence-corrected chi connectivity index (χ3v) is 6.81. The zero-order valence-electron chi connectivity index (χ0n) is 23.3. The van der Waals surface area contributed by atoms with Crippen molar-refractivity contribution in [1.82, 2.24) is 19.5 Å². The van der Waals surface area contributed by atoms with E-state index in [1.54, 1.807) is 12.1 Å². The van der Waals surface area contributed by atoms with Gasteiger partial charge in [0.05, 0.1) is 30.5 Å². The van der Waals surface area contributed by atoms with Crippen LogP contribution in [0.1, 0.15) is 5.69 Å². The Morgan fingerprint density at radius 1 is 0.822 bits per heavy atom. The Labute approximate surface area is 250 Å². The minimum Gasteiger partial charge on any atom is -0.493 e. The van der Waals surface area contributed by atoms with Crippen LogP contribution in [0.25, 0.3) is 27.4 Å². The van der Waals surface area contributed by atoms with Crippen molar-refractivity contribution in [2.45, 2.75) is 6.18 Å². The quantitative estimate of drug-likeness (QED) is 0.187. The fraction of sp³-hybridized carbons (Fsp3) is 0.0968. The summed E-state index contributed by atoms with van der Waals surface area (Å²) in [6, 6.07) is 13.0. The van der Waals surface area contributed by atoms with Crippen molar-refractivity contribution in [2.75, 3.05) is 19.5 Å². The lowest BCUT2D eigenvalue weighted by Gasteiger charge is -2.18. The molecule has 1 N–H and O–H groups in total. The van der Waals surface area contributed by atoms with Gasteiger partial charge in [-0.3, -0.25) is 9.36 Å². The Bertz CT molecular complexity index is 2140. The number of hydrogen-bond donors (Lipinski definition) is 1. The second-order valence-electron chi connectivity index (χ2n) is 9.54. The van der Waals surface area contributed by atoms with Gasteiger partial charge in [0.25, 0.3) is 5.56 Å². The smallest absolute Gasteiger partial charge is 0.431 e. The fourth-order valence-corrected chi connectivity index (χ4v) is 4.75. The summed E-state index contributed by atoms with van der Waals surface area (Å²) in [5, 5.41) is 2.96. The molecule has 0 amide bonds. The predicted octanol–water partition coefficient (Wildman–Crippen LogP) is 7.18. The van der Waals surface area contributed by atoms with Crippen molar-refractivity contribution >= 4 is 33.2 Å². The van der Waals surface area contributed by atoms with Crippen molar-refractivity contribution in [3.8, 4) is 28.8 Å². The molecule has 0 saturated carbocycles. The van der Waals surface area contributed by atoms with Gasteiger partial charge in [0.15, 0.2) is 23.1 Å². The minimum absolute atomic E-state index is 0.0399. The highest BCUT2D eigenvalue weighted by Crippen LogP contribution is 2.37. The lowest BCUT2D eigenvalue weighted by Crippen LogP contribution is -2.27. The van der Waals surface area contributed by atoms with Crippen LogP contribution in [0.5, 0.6) is 23.1 Å². The Kier molecular flexibility index (Phi) is 7.40. The molecule has 3 heterocycles. The molecule has 0 spiro atoms. The number of alkyl halides is 3. The fourth-order valence-electron chi connectivity index (χ4n) is 4.75. The lowest BCUT2D eigenvalue weighted by molar-refractivity contribution is -0.142. The first-order chi connectivity index (χ1) is 21.6. The van der Waals surface area contributed by atoms with E-state index in [1.807, 2.05) is 0 Å². The topological polar surface area (TPSA) is 100 Å². The van der Waals surface area contributed by atoms with Crippen LogP contribution in [0, 0.1) is 11.6 Å². The van der Waals surface area contributed by atoms with Gasteiger partial charge in [0.2, 0.25) is 5.88 Å². The van der Waals surface area contributed by atoms with E-state index >= 15 is 4.39 Å². The van der Waals surface area contributed by atoms with Crippen LogP contribution in [0.15, 0.2) is 84.0 Å². The van der Waals surface area contributed by atoms with E-state index in [2.05, 4.69) is 20.3 Å². The van der Waals surface area contributed by atoms with Crippen LogP contribution in [0.4, 0.5) is 33.5 Å². The number of rotatable bonds is 7. The summed E-state index contributed by atoms with van der Waals surface area (Å²) in [7, 11) is 2.93. The van der Waals surface area contributed by atoms with Gasteiger partial charge in [-0.15, -0.1) is 0 Å². The van der Waals surface area contributed by atoms with E-state index in [0.29, 0.717) is 27.0 Å². The molecule has 0 aliphatic heterocycles. The number of hydrogen-bond acceptors (Lipinski definition) is 8. The van der Waals surface area contributed by atoms with Gasteiger partial charge in [-0.2, -0.15) is 13.2 Å². The van der Waals surface area contributed by atoms with Gasteiger partial charge in [0, 0.05) is 29.7 Å². The molecule has 14 heteroatoms. The minimum atomic E-state index is -4.91. The number of nitrogens with zero attached hydrogens (tertiary/aromatic N) is 4. The van der Waals surface area contributed by atoms with Crippen molar-refractivity contribution < 1.29 is 36.2 Å². The summed E-state index contributed by atoms with van der Waals surface area (Å²) in [5.74, 6) is -0.987. The van der Waals surface area contributed by atoms with Gasteiger partial charge in [0.1, 0.15) is 23.7 Å². The number of ether oxygens (including phenoxy) is 3. The van der Waals surface area contributed by atoms with Crippen LogP contribution in [-0.2, 0) is 6.18 Å². The summed E-state index contributed by atoms with van der Waals surface area (Å²) in [6.45, 7) is 0. The molecule has 6 rings (SSSR count). The molecule has 0 aliphatic carbocycles. The van der Waals surface area contributed by atoms with Crippen LogP contribution < -0.4 is 25.1 Å². The maximum atomic E-state index is 15.3. The van der Waals surface area contributed by atoms with Gasteiger partial charge < -0.3 is 19.5 Å². The molecule has 0 unspecified atom stereocenters. The van der Waals surface area contributed by atoms with Crippen molar-refractivity contribution in [1.29, 1.82) is 0 Å². The third-order valence-electron chi connectivity index (χ3n) is 6.81. The maximum absolute atomic E-state index is 15.3. The summed E-state index contributed by atoms with van der Waals surface area (Å²) in [6.07, 6.45) is -2.46. The van der Waals surface area contributed by atoms with E-state index in [1.165, 1.54) is 44.9 Å². The molecule has 228 valence electrons. The molecule has 3 aromatic carbocycles. The summed E-state index contributed by atoms with van der Waals surface area (Å²) < 4.78 is 87.7. The number of pyridine rings is 2. The molecular weight excluding hydrogens is 601 g/mol.